The van der Waals surface area contributed by atoms with Gasteiger partial charge < -0.3 is 10.2 Å². The molecule has 0 spiro atoms. The van der Waals surface area contributed by atoms with E-state index in [1.165, 1.54) is 0 Å². The Morgan fingerprint density at radius 1 is 1.04 bits per heavy atom. The zero-order valence-corrected chi connectivity index (χ0v) is 13.5. The highest BCUT2D eigenvalue weighted by molar-refractivity contribution is 6.42. The van der Waals surface area contributed by atoms with Gasteiger partial charge in [-0.25, -0.2) is 4.98 Å². The quantitative estimate of drug-likeness (QED) is 0.630. The van der Waals surface area contributed by atoms with E-state index in [0.29, 0.717) is 5.56 Å². The number of benzene rings is 1. The van der Waals surface area contributed by atoms with E-state index in [1.54, 1.807) is 36.5 Å². The van der Waals surface area contributed by atoms with Gasteiger partial charge in [-0.2, -0.15) is 0 Å². The Bertz CT molecular complexity index is 667. The van der Waals surface area contributed by atoms with Crippen LogP contribution >= 0.6 is 0 Å². The number of carbonyl (C=O) groups excluding carboxylic acids is 2. The molecule has 0 aliphatic carbocycles. The summed E-state index contributed by atoms with van der Waals surface area (Å²) in [5.74, 6) is -0.297. The topological polar surface area (TPSA) is 62.3 Å². The van der Waals surface area contributed by atoms with Crippen LogP contribution in [0.15, 0.2) is 48.7 Å². The molecule has 1 N–H and O–H groups in total. The summed E-state index contributed by atoms with van der Waals surface area (Å²) in [6.45, 7) is 6.05. The smallest absolute Gasteiger partial charge is 0.292 e. The first-order valence-corrected chi connectivity index (χ1v) is 7.73. The van der Waals surface area contributed by atoms with Crippen molar-refractivity contribution in [1.29, 1.82) is 0 Å². The SMILES string of the molecule is CCN(CC)c1ncccc1CNC(=O)C(=O)c1ccccc1. The van der Waals surface area contributed by atoms with Gasteiger partial charge in [0.15, 0.2) is 0 Å². The Labute approximate surface area is 136 Å². The number of nitrogens with one attached hydrogen (secondary N) is 1. The van der Waals surface area contributed by atoms with E-state index in [2.05, 4.69) is 29.0 Å². The zero-order valence-electron chi connectivity index (χ0n) is 13.5. The molecule has 0 fully saturated rings. The Kier molecular flexibility index (Phi) is 5.86. The highest BCUT2D eigenvalue weighted by Gasteiger charge is 2.16. The number of hydrogen-bond donors (Lipinski definition) is 1. The van der Waals surface area contributed by atoms with Crippen molar-refractivity contribution < 1.29 is 9.59 Å². The average Bonchev–Trinajstić information content (AvgIpc) is 2.61. The van der Waals surface area contributed by atoms with Crippen LogP contribution in [0, 0.1) is 0 Å². The van der Waals surface area contributed by atoms with Gasteiger partial charge in [-0.1, -0.05) is 36.4 Å². The molecule has 1 heterocycles. The van der Waals surface area contributed by atoms with Gasteiger partial charge in [-0.15, -0.1) is 0 Å². The van der Waals surface area contributed by atoms with Gasteiger partial charge in [0.05, 0.1) is 0 Å². The number of carbonyl (C=O) groups is 2. The molecule has 5 heteroatoms. The molecular formula is C18H21N3O2. The number of amides is 1. The summed E-state index contributed by atoms with van der Waals surface area (Å²) in [5.41, 5.74) is 1.28. The second kappa shape index (κ2) is 8.08. The lowest BCUT2D eigenvalue weighted by Gasteiger charge is -2.22. The Balaban J connectivity index is 2.06. The Morgan fingerprint density at radius 2 is 1.74 bits per heavy atom. The second-order valence-corrected chi connectivity index (χ2v) is 5.04. The maximum atomic E-state index is 12.1. The standard InChI is InChI=1S/C18H21N3O2/c1-3-21(4-2)17-15(11-8-12-19-17)13-20-18(23)16(22)14-9-6-5-7-10-14/h5-12H,3-4,13H2,1-2H3,(H,20,23). The molecule has 0 saturated heterocycles. The van der Waals surface area contributed by atoms with Crippen molar-refractivity contribution in [2.24, 2.45) is 0 Å². The largest absolute Gasteiger partial charge is 0.357 e. The normalized spacial score (nSPS) is 10.2. The first-order chi connectivity index (χ1) is 11.2. The predicted molar refractivity (Wildman–Crippen MR) is 90.4 cm³/mol. The number of pyridine rings is 1. The zero-order chi connectivity index (χ0) is 16.7. The van der Waals surface area contributed by atoms with Crippen LogP contribution in [0.2, 0.25) is 0 Å². The van der Waals surface area contributed by atoms with Gasteiger partial charge >= 0.3 is 0 Å². The number of nitrogens with zero attached hydrogens (tertiary/aromatic N) is 2. The first-order valence-electron chi connectivity index (χ1n) is 7.73. The predicted octanol–water partition coefficient (Wildman–Crippen LogP) is 2.43. The summed E-state index contributed by atoms with van der Waals surface area (Å²) >= 11 is 0. The van der Waals surface area contributed by atoms with Crippen molar-refractivity contribution in [2.75, 3.05) is 18.0 Å². The third-order valence-electron chi connectivity index (χ3n) is 3.61. The van der Waals surface area contributed by atoms with Crippen LogP contribution in [0.1, 0.15) is 29.8 Å². The van der Waals surface area contributed by atoms with Crippen LogP contribution < -0.4 is 10.2 Å². The fourth-order valence-electron chi connectivity index (χ4n) is 2.35. The van der Waals surface area contributed by atoms with Gasteiger partial charge in [0.2, 0.25) is 5.78 Å². The molecule has 0 unspecified atom stereocenters. The second-order valence-electron chi connectivity index (χ2n) is 5.04. The third kappa shape index (κ3) is 4.16. The molecule has 2 rings (SSSR count). The lowest BCUT2D eigenvalue weighted by atomic mass is 10.1. The summed E-state index contributed by atoms with van der Waals surface area (Å²) in [6, 6.07) is 12.3. The van der Waals surface area contributed by atoms with E-state index in [1.807, 2.05) is 12.1 Å². The monoisotopic (exact) mass is 311 g/mol. The number of rotatable bonds is 7. The van der Waals surface area contributed by atoms with Crippen molar-refractivity contribution in [2.45, 2.75) is 20.4 Å². The maximum absolute atomic E-state index is 12.1. The summed E-state index contributed by atoms with van der Waals surface area (Å²) in [4.78, 5) is 30.6. The molecule has 0 radical (unpaired) electrons. The maximum Gasteiger partial charge on any atom is 0.292 e. The van der Waals surface area contributed by atoms with Crippen LogP contribution in [-0.4, -0.2) is 29.8 Å². The lowest BCUT2D eigenvalue weighted by molar-refractivity contribution is -0.117. The molecule has 0 bridgehead atoms. The van der Waals surface area contributed by atoms with Gasteiger partial charge in [-0.05, 0) is 19.9 Å². The van der Waals surface area contributed by atoms with E-state index in [-0.39, 0.29) is 6.54 Å². The minimum Gasteiger partial charge on any atom is -0.357 e. The first kappa shape index (κ1) is 16.7. The van der Waals surface area contributed by atoms with Gasteiger partial charge in [-0.3, -0.25) is 9.59 Å². The van der Waals surface area contributed by atoms with Crippen LogP contribution in [0.25, 0.3) is 0 Å². The summed E-state index contributed by atoms with van der Waals surface area (Å²) in [7, 11) is 0. The number of ketones is 1. The van der Waals surface area contributed by atoms with Crippen molar-refractivity contribution in [1.82, 2.24) is 10.3 Å². The highest BCUT2D eigenvalue weighted by Crippen LogP contribution is 2.16. The van der Waals surface area contributed by atoms with Gasteiger partial charge in [0.25, 0.3) is 5.91 Å². The number of aromatic nitrogens is 1. The van der Waals surface area contributed by atoms with Crippen molar-refractivity contribution in [3.05, 3.63) is 59.8 Å². The van der Waals surface area contributed by atoms with Gasteiger partial charge in [0.1, 0.15) is 5.82 Å². The molecule has 5 nitrogen and oxygen atoms in total. The summed E-state index contributed by atoms with van der Waals surface area (Å²) in [5, 5.41) is 2.69. The lowest BCUT2D eigenvalue weighted by Crippen LogP contribution is -2.32. The molecule has 0 atom stereocenters. The molecule has 1 aromatic heterocycles. The molecule has 23 heavy (non-hydrogen) atoms. The summed E-state index contributed by atoms with van der Waals surface area (Å²) < 4.78 is 0. The molecule has 120 valence electrons. The van der Waals surface area contributed by atoms with E-state index < -0.39 is 11.7 Å². The van der Waals surface area contributed by atoms with E-state index in [9.17, 15) is 9.59 Å². The molecule has 2 aromatic rings. The number of anilines is 1. The fraction of sp³-hybridized carbons (Fsp3) is 0.278. The van der Waals surface area contributed by atoms with E-state index >= 15 is 0 Å². The van der Waals surface area contributed by atoms with Crippen molar-refractivity contribution >= 4 is 17.5 Å². The van der Waals surface area contributed by atoms with E-state index in [4.69, 9.17) is 0 Å². The minimum absolute atomic E-state index is 0.275. The minimum atomic E-state index is -0.606. The van der Waals surface area contributed by atoms with Crippen LogP contribution in [0.5, 0.6) is 0 Å². The highest BCUT2D eigenvalue weighted by atomic mass is 16.2. The Morgan fingerprint density at radius 3 is 2.39 bits per heavy atom. The molecule has 1 aromatic carbocycles. The van der Waals surface area contributed by atoms with Crippen LogP contribution in [0.4, 0.5) is 5.82 Å². The summed E-state index contributed by atoms with van der Waals surface area (Å²) in [6.07, 6.45) is 1.73. The van der Waals surface area contributed by atoms with Crippen LogP contribution in [0.3, 0.4) is 0 Å². The third-order valence-corrected chi connectivity index (χ3v) is 3.61. The Hall–Kier alpha value is -2.69. The number of Topliss-reactive ketones (excluding diaryl/α,β-unsaturated/α-hetero) is 1. The van der Waals surface area contributed by atoms with Gasteiger partial charge in [0, 0.05) is 37.0 Å². The fourth-order valence-corrected chi connectivity index (χ4v) is 2.35. The molecular weight excluding hydrogens is 290 g/mol. The van der Waals surface area contributed by atoms with E-state index in [0.717, 1.165) is 24.5 Å². The van der Waals surface area contributed by atoms with Crippen LogP contribution in [-0.2, 0) is 11.3 Å². The van der Waals surface area contributed by atoms with Crippen molar-refractivity contribution in [3.63, 3.8) is 0 Å². The number of hydrogen-bond acceptors (Lipinski definition) is 4. The molecule has 0 aliphatic rings. The molecule has 0 saturated carbocycles. The molecule has 1 amide bonds. The van der Waals surface area contributed by atoms with Crippen molar-refractivity contribution in [3.8, 4) is 0 Å². The average molecular weight is 311 g/mol. The molecule has 0 aliphatic heterocycles.